The third-order valence-electron chi connectivity index (χ3n) is 0. The van der Waals surface area contributed by atoms with Crippen molar-refractivity contribution in [2.45, 2.75) is 7.43 Å². The SMILES string of the molecule is C.S.[Ca+2].[H-].[H-].[SiH4]. The summed E-state index contributed by atoms with van der Waals surface area (Å²) in [6.07, 6.45) is 0. The molecule has 0 aromatic heterocycles. The molecule has 0 aliphatic heterocycles. The van der Waals surface area contributed by atoms with Crippen molar-refractivity contribution in [3.05, 3.63) is 0 Å². The molecule has 0 saturated carbocycles. The average molecular weight is 124 g/mol. The van der Waals surface area contributed by atoms with Gasteiger partial charge in [0.25, 0.3) is 0 Å². The summed E-state index contributed by atoms with van der Waals surface area (Å²) in [5, 5.41) is 0. The largest absolute Gasteiger partial charge is 2.00 e. The summed E-state index contributed by atoms with van der Waals surface area (Å²) in [6, 6.07) is 0. The van der Waals surface area contributed by atoms with Gasteiger partial charge < -0.3 is 2.85 Å². The van der Waals surface area contributed by atoms with E-state index in [0.717, 1.165) is 0 Å². The van der Waals surface area contributed by atoms with Crippen molar-refractivity contribution in [2.24, 2.45) is 0 Å². The summed E-state index contributed by atoms with van der Waals surface area (Å²) in [5.41, 5.74) is 0. The summed E-state index contributed by atoms with van der Waals surface area (Å²) in [7, 11) is 0. The molecule has 0 unspecified atom stereocenters. The molecule has 0 atom stereocenters. The maximum atomic E-state index is 0. The van der Waals surface area contributed by atoms with Crippen LogP contribution in [0.3, 0.4) is 0 Å². The molecular formula is CH12CaSSi. The first-order chi connectivity index (χ1) is 0. The summed E-state index contributed by atoms with van der Waals surface area (Å²) in [4.78, 5) is 0. The Bertz CT molecular complexity index is 13.5. The molecule has 0 radical (unpaired) electrons. The molecule has 3 heteroatoms. The standard InChI is InChI=1S/CH4.Ca.H2S.H4Si.2H/h1H4;;1H2;1H4;;/q;+2;;;2*-1. The van der Waals surface area contributed by atoms with Crippen LogP contribution in [0.5, 0.6) is 0 Å². The van der Waals surface area contributed by atoms with Gasteiger partial charge in [-0.15, -0.1) is 0 Å². The molecule has 4 heavy (non-hydrogen) atoms. The first-order valence-electron chi connectivity index (χ1n) is 0. The number of hydrogen-bond acceptors (Lipinski definition) is 0. The Morgan fingerprint density at radius 1 is 1.25 bits per heavy atom. The zero-order chi connectivity index (χ0) is 0. The normalized spacial score (nSPS) is 0. The maximum absolute atomic E-state index is 0. The smallest absolute Gasteiger partial charge is 1.00 e. The second-order valence-corrected chi connectivity index (χ2v) is 0. The number of rotatable bonds is 0. The van der Waals surface area contributed by atoms with Gasteiger partial charge in [0, 0.05) is 0 Å². The predicted molar refractivity (Wildman–Crippen MR) is 36.4 cm³/mol. The Kier molecular flexibility index (Phi) is 215. The van der Waals surface area contributed by atoms with Crippen LogP contribution in [0.15, 0.2) is 0 Å². The molecule has 0 nitrogen and oxygen atoms in total. The van der Waals surface area contributed by atoms with Gasteiger partial charge in [0.2, 0.25) is 0 Å². The van der Waals surface area contributed by atoms with Crippen molar-refractivity contribution >= 4 is 62.2 Å². The fraction of sp³-hybridized carbons (Fsp3) is 1.00. The van der Waals surface area contributed by atoms with Crippen LogP contribution in [0.2, 0.25) is 0 Å². The van der Waals surface area contributed by atoms with E-state index >= 15 is 0 Å². The minimum absolute atomic E-state index is 0. The topological polar surface area (TPSA) is 0 Å². The summed E-state index contributed by atoms with van der Waals surface area (Å²) >= 11 is 0. The minimum atomic E-state index is 0. The van der Waals surface area contributed by atoms with Crippen molar-refractivity contribution in [3.8, 4) is 0 Å². The van der Waals surface area contributed by atoms with Crippen molar-refractivity contribution < 1.29 is 2.85 Å². The van der Waals surface area contributed by atoms with Gasteiger partial charge in [-0.1, -0.05) is 7.43 Å². The van der Waals surface area contributed by atoms with Gasteiger partial charge in [0.15, 0.2) is 0 Å². The van der Waals surface area contributed by atoms with Crippen LogP contribution in [0.25, 0.3) is 0 Å². The van der Waals surface area contributed by atoms with E-state index in [-0.39, 0.29) is 72.5 Å². The Labute approximate surface area is 71.8 Å². The van der Waals surface area contributed by atoms with Gasteiger partial charge in [-0.05, 0) is 11.0 Å². The molecule has 0 aromatic carbocycles. The van der Waals surface area contributed by atoms with E-state index in [2.05, 4.69) is 0 Å². The van der Waals surface area contributed by atoms with Crippen molar-refractivity contribution in [3.63, 3.8) is 0 Å². The maximum Gasteiger partial charge on any atom is 2.00 e. The van der Waals surface area contributed by atoms with Gasteiger partial charge in [0.05, 0.1) is 0 Å². The minimum Gasteiger partial charge on any atom is -1.00 e. The summed E-state index contributed by atoms with van der Waals surface area (Å²) < 4.78 is 0. The van der Waals surface area contributed by atoms with Crippen LogP contribution in [0.4, 0.5) is 0 Å². The van der Waals surface area contributed by atoms with Crippen LogP contribution < -0.4 is 0 Å². The molecule has 0 fully saturated rings. The number of hydrogen-bond donors (Lipinski definition) is 0. The first kappa shape index (κ1) is 40.7. The van der Waals surface area contributed by atoms with Gasteiger partial charge in [0.1, 0.15) is 0 Å². The monoisotopic (exact) mass is 124 g/mol. The zero-order valence-corrected chi connectivity index (χ0v) is 4.42. The molecule has 0 aliphatic rings. The molecule has 0 aliphatic carbocycles. The van der Waals surface area contributed by atoms with Gasteiger partial charge in [-0.2, -0.15) is 13.5 Å². The predicted octanol–water partition coefficient (Wildman–Crippen LogP) is -0.859. The average Bonchev–Trinajstić information content (AvgIpc) is 0. The molecule has 0 aromatic rings. The molecular weight excluding hydrogens is 112 g/mol. The van der Waals surface area contributed by atoms with E-state index in [4.69, 9.17) is 0 Å². The molecule has 0 amide bonds. The van der Waals surface area contributed by atoms with Crippen molar-refractivity contribution in [1.82, 2.24) is 0 Å². The Hall–Kier alpha value is 1.83. The fourth-order valence-corrected chi connectivity index (χ4v) is 0. The molecule has 0 heterocycles. The van der Waals surface area contributed by atoms with Gasteiger partial charge >= 0.3 is 37.7 Å². The van der Waals surface area contributed by atoms with Crippen LogP contribution in [0, 0.1) is 0 Å². The van der Waals surface area contributed by atoms with E-state index in [9.17, 15) is 0 Å². The molecule has 0 rings (SSSR count). The molecule has 0 spiro atoms. The third kappa shape index (κ3) is 9.16. The van der Waals surface area contributed by atoms with Crippen molar-refractivity contribution in [2.75, 3.05) is 0 Å². The van der Waals surface area contributed by atoms with Crippen LogP contribution in [0.1, 0.15) is 10.3 Å². The fourth-order valence-electron chi connectivity index (χ4n) is 0. The van der Waals surface area contributed by atoms with Crippen molar-refractivity contribution in [1.29, 1.82) is 0 Å². The Morgan fingerprint density at radius 2 is 1.25 bits per heavy atom. The van der Waals surface area contributed by atoms with E-state index in [0.29, 0.717) is 0 Å². The molecule has 0 saturated heterocycles. The molecule has 0 N–H and O–H groups in total. The molecule has 28 valence electrons. The first-order valence-corrected chi connectivity index (χ1v) is 0. The van der Waals surface area contributed by atoms with Gasteiger partial charge in [-0.3, -0.25) is 0 Å². The van der Waals surface area contributed by atoms with E-state index in [1.54, 1.807) is 0 Å². The summed E-state index contributed by atoms with van der Waals surface area (Å²) in [5.74, 6) is 0. The van der Waals surface area contributed by atoms with E-state index in [1.807, 2.05) is 0 Å². The second-order valence-electron chi connectivity index (χ2n) is 0. The second kappa shape index (κ2) is 21.2. The van der Waals surface area contributed by atoms with E-state index < -0.39 is 0 Å². The zero-order valence-electron chi connectivity index (χ0n) is 3.21. The van der Waals surface area contributed by atoms with E-state index in [1.165, 1.54) is 0 Å². The Balaban J connectivity index is 0. The third-order valence-corrected chi connectivity index (χ3v) is 0. The van der Waals surface area contributed by atoms with Crippen LogP contribution in [-0.2, 0) is 0 Å². The Morgan fingerprint density at radius 3 is 1.25 bits per heavy atom. The summed E-state index contributed by atoms with van der Waals surface area (Å²) in [6.45, 7) is 0. The van der Waals surface area contributed by atoms with Crippen LogP contribution >= 0.6 is 13.5 Å². The molecule has 0 bridgehead atoms. The quantitative estimate of drug-likeness (QED) is 0.369. The van der Waals surface area contributed by atoms with Crippen LogP contribution in [-0.4, -0.2) is 48.7 Å². The van der Waals surface area contributed by atoms with Gasteiger partial charge in [-0.25, -0.2) is 0 Å².